The summed E-state index contributed by atoms with van der Waals surface area (Å²) in [5.41, 5.74) is 1.44. The normalized spacial score (nSPS) is 22.6. The standard InChI is InChI=1S/C14H17BrN2S.Na.H/c1-14(2)8-17(3)7-10(14)13-16-11-6-9(15)4-5-12(11)18-13;;/h4-6,10H,7-8H2,1-3H3;;. The average molecular weight is 349 g/mol. The molecule has 2 nitrogen and oxygen atoms in total. The number of hydrogen-bond acceptors (Lipinski definition) is 3. The SMILES string of the molecule is CN1CC(c2nc3cc(Br)ccc3s2)C(C)(C)C1.[NaH]. The van der Waals surface area contributed by atoms with Crippen LogP contribution in [0.1, 0.15) is 24.8 Å². The van der Waals surface area contributed by atoms with E-state index in [0.717, 1.165) is 23.1 Å². The van der Waals surface area contributed by atoms with Gasteiger partial charge in [-0.05, 0) is 30.7 Å². The van der Waals surface area contributed by atoms with Gasteiger partial charge in [0.2, 0.25) is 0 Å². The second-order valence-corrected chi connectivity index (χ2v) is 7.88. The topological polar surface area (TPSA) is 16.1 Å². The summed E-state index contributed by atoms with van der Waals surface area (Å²) < 4.78 is 2.40. The molecular weight excluding hydrogens is 331 g/mol. The van der Waals surface area contributed by atoms with Crippen molar-refractivity contribution in [2.24, 2.45) is 5.41 Å². The van der Waals surface area contributed by atoms with Crippen LogP contribution in [0.3, 0.4) is 0 Å². The van der Waals surface area contributed by atoms with Gasteiger partial charge in [-0.2, -0.15) is 0 Å². The van der Waals surface area contributed by atoms with Crippen molar-refractivity contribution in [1.82, 2.24) is 9.88 Å². The van der Waals surface area contributed by atoms with Crippen LogP contribution in [0.2, 0.25) is 0 Å². The van der Waals surface area contributed by atoms with Crippen LogP contribution in [-0.4, -0.2) is 59.6 Å². The molecule has 1 saturated heterocycles. The maximum absolute atomic E-state index is 4.85. The van der Waals surface area contributed by atoms with Crippen molar-refractivity contribution in [3.63, 3.8) is 0 Å². The summed E-state index contributed by atoms with van der Waals surface area (Å²) in [6, 6.07) is 6.36. The summed E-state index contributed by atoms with van der Waals surface area (Å²) in [6.07, 6.45) is 0. The fourth-order valence-corrected chi connectivity index (χ4v) is 4.51. The first-order valence-corrected chi connectivity index (χ1v) is 7.81. The van der Waals surface area contributed by atoms with Crippen LogP contribution in [0.5, 0.6) is 0 Å². The van der Waals surface area contributed by atoms with Crippen LogP contribution in [-0.2, 0) is 0 Å². The van der Waals surface area contributed by atoms with Gasteiger partial charge in [0.25, 0.3) is 0 Å². The van der Waals surface area contributed by atoms with E-state index in [1.807, 2.05) is 11.3 Å². The van der Waals surface area contributed by atoms with E-state index in [0.29, 0.717) is 11.3 Å². The van der Waals surface area contributed by atoms with E-state index in [2.05, 4.69) is 59.9 Å². The van der Waals surface area contributed by atoms with Crippen molar-refractivity contribution in [2.45, 2.75) is 19.8 Å². The van der Waals surface area contributed by atoms with Crippen molar-refractivity contribution < 1.29 is 0 Å². The fourth-order valence-electron chi connectivity index (χ4n) is 2.91. The van der Waals surface area contributed by atoms with E-state index in [9.17, 15) is 0 Å². The molecule has 2 heterocycles. The molecule has 1 aromatic heterocycles. The van der Waals surface area contributed by atoms with Gasteiger partial charge in [-0.25, -0.2) is 4.98 Å². The third kappa shape index (κ3) is 3.09. The van der Waals surface area contributed by atoms with Crippen molar-refractivity contribution in [3.05, 3.63) is 27.7 Å². The van der Waals surface area contributed by atoms with Crippen LogP contribution in [0.25, 0.3) is 10.2 Å². The van der Waals surface area contributed by atoms with Crippen LogP contribution < -0.4 is 0 Å². The Morgan fingerprint density at radius 3 is 2.79 bits per heavy atom. The first-order valence-electron chi connectivity index (χ1n) is 6.20. The molecule has 1 atom stereocenters. The zero-order valence-electron chi connectivity index (χ0n) is 10.9. The number of rotatable bonds is 1. The molecule has 0 spiro atoms. The predicted octanol–water partition coefficient (Wildman–Crippen LogP) is 3.47. The van der Waals surface area contributed by atoms with Crippen molar-refractivity contribution in [1.29, 1.82) is 0 Å². The van der Waals surface area contributed by atoms with E-state index >= 15 is 0 Å². The van der Waals surface area contributed by atoms with E-state index in [1.165, 1.54) is 9.71 Å². The Hall–Kier alpha value is 0.550. The third-order valence-corrected chi connectivity index (χ3v) is 5.42. The van der Waals surface area contributed by atoms with E-state index in [-0.39, 0.29) is 29.6 Å². The molecule has 1 aromatic carbocycles. The Balaban J connectivity index is 0.00000133. The minimum absolute atomic E-state index is 0. The van der Waals surface area contributed by atoms with Crippen LogP contribution >= 0.6 is 27.3 Å². The predicted molar refractivity (Wildman–Crippen MR) is 88.5 cm³/mol. The third-order valence-electron chi connectivity index (χ3n) is 3.78. The number of hydrogen-bond donors (Lipinski definition) is 0. The quantitative estimate of drug-likeness (QED) is 0.733. The van der Waals surface area contributed by atoms with E-state index in [1.54, 1.807) is 0 Å². The van der Waals surface area contributed by atoms with Gasteiger partial charge in [0, 0.05) is 23.5 Å². The first-order chi connectivity index (χ1) is 8.45. The van der Waals surface area contributed by atoms with Gasteiger partial charge in [0.05, 0.1) is 15.2 Å². The molecule has 0 radical (unpaired) electrons. The van der Waals surface area contributed by atoms with Gasteiger partial charge in [-0.1, -0.05) is 29.8 Å². The second kappa shape index (κ2) is 5.74. The van der Waals surface area contributed by atoms with Gasteiger partial charge in [0.15, 0.2) is 0 Å². The number of aromatic nitrogens is 1. The summed E-state index contributed by atoms with van der Waals surface area (Å²) in [4.78, 5) is 7.26. The molecular formula is C14H18BrN2NaS. The molecule has 0 bridgehead atoms. The zero-order chi connectivity index (χ0) is 12.9. The molecule has 0 aliphatic carbocycles. The Labute approximate surface area is 149 Å². The van der Waals surface area contributed by atoms with Gasteiger partial charge in [-0.15, -0.1) is 11.3 Å². The molecule has 98 valence electrons. The summed E-state index contributed by atoms with van der Waals surface area (Å²) in [5, 5.41) is 1.29. The molecule has 0 N–H and O–H groups in total. The number of thiazole rings is 1. The summed E-state index contributed by atoms with van der Waals surface area (Å²) in [7, 11) is 2.20. The Morgan fingerprint density at radius 2 is 2.16 bits per heavy atom. The monoisotopic (exact) mass is 348 g/mol. The van der Waals surface area contributed by atoms with Gasteiger partial charge >= 0.3 is 29.6 Å². The number of nitrogens with zero attached hydrogens (tertiary/aromatic N) is 2. The van der Waals surface area contributed by atoms with Gasteiger partial charge in [0.1, 0.15) is 0 Å². The number of likely N-dealkylation sites (N-methyl/N-ethyl adjacent to an activating group) is 1. The average Bonchev–Trinajstić information content (AvgIpc) is 2.77. The maximum atomic E-state index is 4.85. The van der Waals surface area contributed by atoms with Crippen molar-refractivity contribution in [2.75, 3.05) is 20.1 Å². The summed E-state index contributed by atoms with van der Waals surface area (Å²) in [5.74, 6) is 0.554. The molecule has 0 saturated carbocycles. The van der Waals surface area contributed by atoms with E-state index < -0.39 is 0 Å². The number of likely N-dealkylation sites (tertiary alicyclic amines) is 1. The van der Waals surface area contributed by atoms with Crippen LogP contribution in [0.15, 0.2) is 22.7 Å². The Kier molecular flexibility index (Phi) is 4.81. The van der Waals surface area contributed by atoms with Crippen molar-refractivity contribution in [3.8, 4) is 0 Å². The molecule has 1 aliphatic heterocycles. The summed E-state index contributed by atoms with van der Waals surface area (Å²) in [6.45, 7) is 6.97. The zero-order valence-corrected chi connectivity index (χ0v) is 13.3. The molecule has 1 fully saturated rings. The van der Waals surface area contributed by atoms with Gasteiger partial charge in [-0.3, -0.25) is 0 Å². The minimum atomic E-state index is 0. The number of halogens is 1. The molecule has 5 heteroatoms. The Bertz CT molecular complexity index is 596. The second-order valence-electron chi connectivity index (χ2n) is 5.90. The molecule has 19 heavy (non-hydrogen) atoms. The molecule has 1 aliphatic rings. The Morgan fingerprint density at radius 1 is 1.42 bits per heavy atom. The van der Waals surface area contributed by atoms with Gasteiger partial charge < -0.3 is 4.90 Å². The first kappa shape index (κ1) is 15.9. The van der Waals surface area contributed by atoms with Crippen LogP contribution in [0.4, 0.5) is 0 Å². The fraction of sp³-hybridized carbons (Fsp3) is 0.500. The molecule has 2 aromatic rings. The van der Waals surface area contributed by atoms with Crippen molar-refractivity contribution >= 4 is 67.0 Å². The van der Waals surface area contributed by atoms with E-state index in [4.69, 9.17) is 4.98 Å². The number of benzene rings is 1. The molecule has 1 unspecified atom stereocenters. The number of fused-ring (bicyclic) bond motifs is 1. The molecule has 0 amide bonds. The molecule has 3 rings (SSSR count). The van der Waals surface area contributed by atoms with Crippen LogP contribution in [0, 0.1) is 5.41 Å². The summed E-state index contributed by atoms with van der Waals surface area (Å²) >= 11 is 5.36.